The summed E-state index contributed by atoms with van der Waals surface area (Å²) in [4.78, 5) is 4.48. The number of hydrogen-bond acceptors (Lipinski definition) is 2. The second kappa shape index (κ2) is 3.27. The zero-order chi connectivity index (χ0) is 13.3. The molecular weight excluding hydrogens is 234 g/mol. The third-order valence-electron chi connectivity index (χ3n) is 5.83. The molecule has 2 aromatic heterocycles. The van der Waals surface area contributed by atoms with Crippen molar-refractivity contribution >= 4 is 0 Å². The summed E-state index contributed by atoms with van der Waals surface area (Å²) in [6, 6.07) is 6.04. The fourth-order valence-corrected chi connectivity index (χ4v) is 4.31. The van der Waals surface area contributed by atoms with Gasteiger partial charge in [0.1, 0.15) is 5.69 Å². The Balaban J connectivity index is 1.97. The zero-order valence-corrected chi connectivity index (χ0v) is 11.7. The molecule has 19 heavy (non-hydrogen) atoms. The lowest BCUT2D eigenvalue weighted by Crippen LogP contribution is -2.31. The third-order valence-corrected chi connectivity index (χ3v) is 5.83. The normalized spacial score (nSPS) is 30.6. The fraction of sp³-hybridized carbons (Fsp3) is 0.500. The van der Waals surface area contributed by atoms with Crippen LogP contribution in [0.2, 0.25) is 0 Å². The SMILES string of the molecule is CC12CCC(c3[nH]nc(-c4ccccn4)c31)C2(C)C. The van der Waals surface area contributed by atoms with Gasteiger partial charge >= 0.3 is 0 Å². The van der Waals surface area contributed by atoms with Crippen molar-refractivity contribution in [1.82, 2.24) is 15.2 Å². The van der Waals surface area contributed by atoms with E-state index >= 15 is 0 Å². The first-order valence-electron chi connectivity index (χ1n) is 7.06. The number of aromatic nitrogens is 3. The van der Waals surface area contributed by atoms with Crippen LogP contribution in [-0.4, -0.2) is 15.2 Å². The number of hydrogen-bond donors (Lipinski definition) is 1. The third kappa shape index (κ3) is 1.14. The minimum Gasteiger partial charge on any atom is -0.281 e. The van der Waals surface area contributed by atoms with E-state index in [0.717, 1.165) is 11.4 Å². The predicted molar refractivity (Wildman–Crippen MR) is 74.9 cm³/mol. The van der Waals surface area contributed by atoms with Crippen LogP contribution < -0.4 is 0 Å². The Bertz CT molecular complexity index is 641. The van der Waals surface area contributed by atoms with Crippen LogP contribution in [0.5, 0.6) is 0 Å². The first kappa shape index (κ1) is 11.2. The number of nitrogens with zero attached hydrogens (tertiary/aromatic N) is 2. The molecule has 1 N–H and O–H groups in total. The Hall–Kier alpha value is -1.64. The lowest BCUT2D eigenvalue weighted by Gasteiger charge is -2.35. The van der Waals surface area contributed by atoms with Crippen molar-refractivity contribution in [3.8, 4) is 11.4 Å². The van der Waals surface area contributed by atoms with Crippen LogP contribution in [0.3, 0.4) is 0 Å². The minimum atomic E-state index is 0.229. The van der Waals surface area contributed by atoms with E-state index in [1.165, 1.54) is 24.1 Å². The van der Waals surface area contributed by atoms with Gasteiger partial charge in [-0.3, -0.25) is 10.1 Å². The Kier molecular flexibility index (Phi) is 1.93. The maximum absolute atomic E-state index is 4.57. The summed E-state index contributed by atoms with van der Waals surface area (Å²) in [6.45, 7) is 7.21. The number of fused-ring (bicyclic) bond motifs is 5. The fourth-order valence-electron chi connectivity index (χ4n) is 4.31. The summed E-state index contributed by atoms with van der Waals surface area (Å²) < 4.78 is 0. The highest BCUT2D eigenvalue weighted by Gasteiger charge is 2.61. The molecule has 0 aliphatic heterocycles. The molecule has 0 aromatic carbocycles. The monoisotopic (exact) mass is 253 g/mol. The molecule has 3 heteroatoms. The summed E-state index contributed by atoms with van der Waals surface area (Å²) >= 11 is 0. The van der Waals surface area contributed by atoms with E-state index in [1.807, 2.05) is 18.3 Å². The van der Waals surface area contributed by atoms with E-state index in [9.17, 15) is 0 Å². The molecule has 2 aliphatic carbocycles. The van der Waals surface area contributed by atoms with Crippen LogP contribution in [0.1, 0.15) is 50.8 Å². The average Bonchev–Trinajstić information content (AvgIpc) is 2.98. The van der Waals surface area contributed by atoms with Gasteiger partial charge in [0.05, 0.1) is 5.69 Å². The molecule has 2 heterocycles. The Morgan fingerprint density at radius 2 is 2.11 bits per heavy atom. The number of nitrogens with one attached hydrogen (secondary N) is 1. The quantitative estimate of drug-likeness (QED) is 0.843. The van der Waals surface area contributed by atoms with Crippen molar-refractivity contribution < 1.29 is 0 Å². The van der Waals surface area contributed by atoms with E-state index in [1.54, 1.807) is 0 Å². The summed E-state index contributed by atoms with van der Waals surface area (Å²) in [5.74, 6) is 0.623. The van der Waals surface area contributed by atoms with Crippen molar-refractivity contribution in [2.75, 3.05) is 0 Å². The van der Waals surface area contributed by atoms with Gasteiger partial charge in [0.2, 0.25) is 0 Å². The molecule has 0 radical (unpaired) electrons. The summed E-state index contributed by atoms with van der Waals surface area (Å²) in [6.07, 6.45) is 4.38. The van der Waals surface area contributed by atoms with Crippen molar-refractivity contribution in [2.45, 2.75) is 44.9 Å². The number of rotatable bonds is 1. The topological polar surface area (TPSA) is 41.6 Å². The minimum absolute atomic E-state index is 0.229. The first-order valence-corrected chi connectivity index (χ1v) is 7.06. The molecule has 1 saturated carbocycles. The number of pyridine rings is 1. The van der Waals surface area contributed by atoms with Crippen LogP contribution in [0.25, 0.3) is 11.4 Å². The maximum Gasteiger partial charge on any atom is 0.114 e. The van der Waals surface area contributed by atoms with Crippen LogP contribution in [0.4, 0.5) is 0 Å². The largest absolute Gasteiger partial charge is 0.281 e. The molecule has 0 saturated heterocycles. The Morgan fingerprint density at radius 1 is 1.26 bits per heavy atom. The van der Waals surface area contributed by atoms with E-state index in [4.69, 9.17) is 0 Å². The van der Waals surface area contributed by atoms with Gasteiger partial charge in [-0.2, -0.15) is 5.10 Å². The molecule has 2 bridgehead atoms. The summed E-state index contributed by atoms with van der Waals surface area (Å²) in [5, 5.41) is 7.88. The number of aromatic amines is 1. The van der Waals surface area contributed by atoms with E-state index < -0.39 is 0 Å². The van der Waals surface area contributed by atoms with Crippen molar-refractivity contribution in [1.29, 1.82) is 0 Å². The second-order valence-corrected chi connectivity index (χ2v) is 6.72. The van der Waals surface area contributed by atoms with Gasteiger partial charge in [0.15, 0.2) is 0 Å². The molecule has 3 nitrogen and oxygen atoms in total. The molecule has 0 spiro atoms. The van der Waals surface area contributed by atoms with Crippen LogP contribution in [-0.2, 0) is 5.41 Å². The standard InChI is InChI=1S/C16H19N3/c1-15(2)10-7-8-16(15,3)12-13(10)18-19-14(12)11-6-4-5-9-17-11/h4-6,9-10H,7-8H2,1-3H3,(H,18,19). The lowest BCUT2D eigenvalue weighted by molar-refractivity contribution is 0.229. The first-order chi connectivity index (χ1) is 9.06. The van der Waals surface area contributed by atoms with E-state index in [2.05, 4.69) is 42.0 Å². The molecule has 1 fully saturated rings. The second-order valence-electron chi connectivity index (χ2n) is 6.72. The molecule has 2 aromatic rings. The molecular formula is C16H19N3. The van der Waals surface area contributed by atoms with Gasteiger partial charge in [-0.05, 0) is 30.4 Å². The predicted octanol–water partition coefficient (Wildman–Crippen LogP) is 3.65. The van der Waals surface area contributed by atoms with Crippen molar-refractivity contribution in [2.24, 2.45) is 5.41 Å². The molecule has 2 atom stereocenters. The van der Waals surface area contributed by atoms with Crippen molar-refractivity contribution in [3.63, 3.8) is 0 Å². The molecule has 2 unspecified atom stereocenters. The molecule has 0 amide bonds. The highest BCUT2D eigenvalue weighted by molar-refractivity contribution is 5.66. The highest BCUT2D eigenvalue weighted by Crippen LogP contribution is 2.68. The van der Waals surface area contributed by atoms with Gasteiger partial charge in [0, 0.05) is 28.8 Å². The van der Waals surface area contributed by atoms with Gasteiger partial charge < -0.3 is 0 Å². The lowest BCUT2D eigenvalue weighted by atomic mass is 9.68. The van der Waals surface area contributed by atoms with Gasteiger partial charge in [-0.25, -0.2) is 0 Å². The van der Waals surface area contributed by atoms with E-state index in [-0.39, 0.29) is 5.41 Å². The summed E-state index contributed by atoms with van der Waals surface area (Å²) in [5.41, 5.74) is 5.39. The highest BCUT2D eigenvalue weighted by atomic mass is 15.1. The van der Waals surface area contributed by atoms with Gasteiger partial charge in [0.25, 0.3) is 0 Å². The average molecular weight is 253 g/mol. The maximum atomic E-state index is 4.57. The number of H-pyrrole nitrogens is 1. The Labute approximate surface area is 113 Å². The van der Waals surface area contributed by atoms with Crippen LogP contribution in [0.15, 0.2) is 24.4 Å². The smallest absolute Gasteiger partial charge is 0.114 e. The Morgan fingerprint density at radius 3 is 2.84 bits per heavy atom. The zero-order valence-electron chi connectivity index (χ0n) is 11.7. The van der Waals surface area contributed by atoms with E-state index in [0.29, 0.717) is 11.3 Å². The summed E-state index contributed by atoms with van der Waals surface area (Å²) in [7, 11) is 0. The molecule has 98 valence electrons. The van der Waals surface area contributed by atoms with Gasteiger partial charge in [-0.15, -0.1) is 0 Å². The van der Waals surface area contributed by atoms with Crippen molar-refractivity contribution in [3.05, 3.63) is 35.7 Å². The molecule has 4 rings (SSSR count). The molecule has 2 aliphatic rings. The van der Waals surface area contributed by atoms with Gasteiger partial charge in [-0.1, -0.05) is 26.8 Å². The van der Waals surface area contributed by atoms with Crippen LogP contribution in [0, 0.1) is 5.41 Å². The van der Waals surface area contributed by atoms with Crippen LogP contribution >= 0.6 is 0 Å².